The lowest BCUT2D eigenvalue weighted by Gasteiger charge is -2.30. The third-order valence-electron chi connectivity index (χ3n) is 5.59. The van der Waals surface area contributed by atoms with E-state index in [1.54, 1.807) is 4.90 Å². The molecular formula is C21H24FN5O4S. The van der Waals surface area contributed by atoms with Gasteiger partial charge in [0.25, 0.3) is 11.8 Å². The van der Waals surface area contributed by atoms with E-state index < -0.39 is 11.7 Å². The van der Waals surface area contributed by atoms with Gasteiger partial charge in [-0.2, -0.15) is 0 Å². The summed E-state index contributed by atoms with van der Waals surface area (Å²) in [7, 11) is 0. The average Bonchev–Trinajstić information content (AvgIpc) is 3.51. The third kappa shape index (κ3) is 5.46. The molecule has 2 aromatic rings. The summed E-state index contributed by atoms with van der Waals surface area (Å²) in [6.07, 6.45) is 3.24. The summed E-state index contributed by atoms with van der Waals surface area (Å²) in [4.78, 5) is 39.1. The molecule has 1 aromatic heterocycles. The Balaban J connectivity index is 1.26. The molecule has 2 N–H and O–H groups in total. The first-order valence-electron chi connectivity index (χ1n) is 10.6. The molecule has 2 aliphatic rings. The van der Waals surface area contributed by atoms with E-state index in [4.69, 9.17) is 4.74 Å². The molecule has 2 fully saturated rings. The Bertz CT molecular complexity index is 969. The van der Waals surface area contributed by atoms with Crippen LogP contribution >= 0.6 is 11.3 Å². The quantitative estimate of drug-likeness (QED) is 0.681. The first-order chi connectivity index (χ1) is 15.5. The highest BCUT2D eigenvalue weighted by atomic mass is 32.1. The van der Waals surface area contributed by atoms with Crippen LogP contribution < -0.4 is 10.6 Å². The SMILES string of the molecule is O=C(Nc1ccc(F)cc1)c1nnc(C(=O)N2CCC(C(=O)NC[C@@H]3CCCO3)CC2)s1. The van der Waals surface area contributed by atoms with E-state index in [1.165, 1.54) is 24.3 Å². The lowest BCUT2D eigenvalue weighted by atomic mass is 9.96. The molecule has 9 nitrogen and oxygen atoms in total. The highest BCUT2D eigenvalue weighted by molar-refractivity contribution is 7.15. The predicted octanol–water partition coefficient (Wildman–Crippen LogP) is 2.08. The van der Waals surface area contributed by atoms with E-state index in [0.29, 0.717) is 38.2 Å². The molecule has 3 amide bonds. The van der Waals surface area contributed by atoms with E-state index in [2.05, 4.69) is 20.8 Å². The van der Waals surface area contributed by atoms with Gasteiger partial charge in [-0.25, -0.2) is 4.39 Å². The van der Waals surface area contributed by atoms with Crippen molar-refractivity contribution in [3.05, 3.63) is 40.1 Å². The number of hydrogen-bond donors (Lipinski definition) is 2. The normalized spacial score (nSPS) is 19.0. The smallest absolute Gasteiger partial charge is 0.286 e. The first kappa shape index (κ1) is 22.3. The highest BCUT2D eigenvalue weighted by Gasteiger charge is 2.30. The van der Waals surface area contributed by atoms with Crippen molar-refractivity contribution in [2.45, 2.75) is 31.8 Å². The molecule has 2 aliphatic heterocycles. The minimum absolute atomic E-state index is 0.00302. The average molecular weight is 462 g/mol. The third-order valence-corrected chi connectivity index (χ3v) is 6.50. The molecule has 170 valence electrons. The van der Waals surface area contributed by atoms with Crippen molar-refractivity contribution in [1.82, 2.24) is 20.4 Å². The molecule has 0 saturated carbocycles. The largest absolute Gasteiger partial charge is 0.376 e. The fourth-order valence-electron chi connectivity index (χ4n) is 3.76. The molecule has 1 aromatic carbocycles. The summed E-state index contributed by atoms with van der Waals surface area (Å²) in [5.41, 5.74) is 0.416. The molecule has 0 radical (unpaired) electrons. The Morgan fingerprint density at radius 3 is 2.50 bits per heavy atom. The van der Waals surface area contributed by atoms with Gasteiger partial charge in [0.2, 0.25) is 15.9 Å². The minimum atomic E-state index is -0.519. The number of aromatic nitrogens is 2. The standard InChI is InChI=1S/C21H24FN5O4S/c22-14-3-5-15(6-4-14)24-18(29)19-25-26-20(32-19)21(30)27-9-7-13(8-10-27)17(28)23-12-16-2-1-11-31-16/h3-6,13,16H,1-2,7-12H2,(H,23,28)(H,24,29)/t16-/m0/s1. The number of carbonyl (C=O) groups is 3. The van der Waals surface area contributed by atoms with Crippen molar-refractivity contribution >= 4 is 34.7 Å². The van der Waals surface area contributed by atoms with E-state index in [1.807, 2.05) is 0 Å². The number of likely N-dealkylation sites (tertiary alicyclic amines) is 1. The molecule has 4 rings (SSSR count). The van der Waals surface area contributed by atoms with Gasteiger partial charge in [0.15, 0.2) is 0 Å². The van der Waals surface area contributed by atoms with Gasteiger partial charge in [-0.15, -0.1) is 10.2 Å². The highest BCUT2D eigenvalue weighted by Crippen LogP contribution is 2.21. The molecule has 0 aliphatic carbocycles. The van der Waals surface area contributed by atoms with Gasteiger partial charge in [-0.3, -0.25) is 14.4 Å². The summed E-state index contributed by atoms with van der Waals surface area (Å²) in [5.74, 6) is -1.36. The second-order valence-electron chi connectivity index (χ2n) is 7.82. The van der Waals surface area contributed by atoms with Gasteiger partial charge in [-0.1, -0.05) is 11.3 Å². The van der Waals surface area contributed by atoms with Gasteiger partial charge >= 0.3 is 0 Å². The zero-order valence-electron chi connectivity index (χ0n) is 17.4. The molecule has 2 saturated heterocycles. The number of nitrogens with one attached hydrogen (secondary N) is 2. The molecule has 0 unspecified atom stereocenters. The van der Waals surface area contributed by atoms with Gasteiger partial charge in [0.05, 0.1) is 6.10 Å². The van der Waals surface area contributed by atoms with E-state index >= 15 is 0 Å². The number of nitrogens with zero attached hydrogens (tertiary/aromatic N) is 3. The second-order valence-corrected chi connectivity index (χ2v) is 8.80. The Morgan fingerprint density at radius 2 is 1.81 bits per heavy atom. The van der Waals surface area contributed by atoms with Crippen LogP contribution in [-0.4, -0.2) is 65.2 Å². The lowest BCUT2D eigenvalue weighted by Crippen LogP contribution is -2.44. The fraction of sp³-hybridized carbons (Fsp3) is 0.476. The van der Waals surface area contributed by atoms with Crippen LogP contribution in [0.2, 0.25) is 0 Å². The number of benzene rings is 1. The predicted molar refractivity (Wildman–Crippen MR) is 115 cm³/mol. The van der Waals surface area contributed by atoms with Crippen LogP contribution in [0.25, 0.3) is 0 Å². The van der Waals surface area contributed by atoms with Crippen LogP contribution in [0.4, 0.5) is 10.1 Å². The van der Waals surface area contributed by atoms with Crippen LogP contribution in [0, 0.1) is 11.7 Å². The number of anilines is 1. The van der Waals surface area contributed by atoms with Crippen molar-refractivity contribution in [2.24, 2.45) is 5.92 Å². The van der Waals surface area contributed by atoms with Gasteiger partial charge in [0, 0.05) is 37.8 Å². The molecular weight excluding hydrogens is 437 g/mol. The maximum atomic E-state index is 13.0. The maximum Gasteiger partial charge on any atom is 0.286 e. The summed E-state index contributed by atoms with van der Waals surface area (Å²) in [6, 6.07) is 5.33. The topological polar surface area (TPSA) is 114 Å². The summed E-state index contributed by atoms with van der Waals surface area (Å²) in [5, 5.41) is 13.4. The Morgan fingerprint density at radius 1 is 1.09 bits per heavy atom. The number of amides is 3. The van der Waals surface area contributed by atoms with Crippen molar-refractivity contribution in [3.63, 3.8) is 0 Å². The van der Waals surface area contributed by atoms with Crippen LogP contribution in [0.1, 0.15) is 45.3 Å². The number of carbonyl (C=O) groups excluding carboxylic acids is 3. The molecule has 1 atom stereocenters. The van der Waals surface area contributed by atoms with Gasteiger partial charge < -0.3 is 20.3 Å². The number of piperidine rings is 1. The van der Waals surface area contributed by atoms with E-state index in [0.717, 1.165) is 30.8 Å². The van der Waals surface area contributed by atoms with Crippen molar-refractivity contribution < 1.29 is 23.5 Å². The Hall–Kier alpha value is -2.92. The van der Waals surface area contributed by atoms with E-state index in [9.17, 15) is 18.8 Å². The van der Waals surface area contributed by atoms with E-state index in [-0.39, 0.29) is 33.9 Å². The van der Waals surface area contributed by atoms with Gasteiger partial charge in [0.1, 0.15) is 5.82 Å². The Kier molecular flexibility index (Phi) is 7.05. The zero-order chi connectivity index (χ0) is 22.5. The molecule has 11 heteroatoms. The van der Waals surface area contributed by atoms with Crippen LogP contribution in [0.15, 0.2) is 24.3 Å². The summed E-state index contributed by atoms with van der Waals surface area (Å²) < 4.78 is 18.5. The van der Waals surface area contributed by atoms with Crippen molar-refractivity contribution in [3.8, 4) is 0 Å². The van der Waals surface area contributed by atoms with Crippen LogP contribution in [0.3, 0.4) is 0 Å². The fourth-order valence-corrected chi connectivity index (χ4v) is 4.47. The van der Waals surface area contributed by atoms with Crippen LogP contribution in [0.5, 0.6) is 0 Å². The monoisotopic (exact) mass is 461 g/mol. The number of ether oxygens (including phenoxy) is 1. The molecule has 32 heavy (non-hydrogen) atoms. The summed E-state index contributed by atoms with van der Waals surface area (Å²) in [6.45, 7) is 2.16. The Labute approximate surface area is 188 Å². The van der Waals surface area contributed by atoms with Crippen LogP contribution in [-0.2, 0) is 9.53 Å². The number of rotatable bonds is 6. The van der Waals surface area contributed by atoms with Gasteiger partial charge in [-0.05, 0) is 49.9 Å². The minimum Gasteiger partial charge on any atom is -0.376 e. The lowest BCUT2D eigenvalue weighted by molar-refractivity contribution is -0.126. The number of halogens is 1. The number of hydrogen-bond acceptors (Lipinski definition) is 7. The second kappa shape index (κ2) is 10.1. The van der Waals surface area contributed by atoms with Crippen molar-refractivity contribution in [2.75, 3.05) is 31.6 Å². The maximum absolute atomic E-state index is 13.0. The summed E-state index contributed by atoms with van der Waals surface area (Å²) >= 11 is 0.902. The molecule has 3 heterocycles. The molecule has 0 bridgehead atoms. The van der Waals surface area contributed by atoms with Crippen molar-refractivity contribution in [1.29, 1.82) is 0 Å². The zero-order valence-corrected chi connectivity index (χ0v) is 18.2. The molecule has 0 spiro atoms. The first-order valence-corrected chi connectivity index (χ1v) is 11.4.